The summed E-state index contributed by atoms with van der Waals surface area (Å²) in [5, 5.41) is 11.2. The lowest BCUT2D eigenvalue weighted by molar-refractivity contribution is -0.385. The highest BCUT2D eigenvalue weighted by Gasteiger charge is 2.14. The van der Waals surface area contributed by atoms with Crippen LogP contribution in [0.3, 0.4) is 0 Å². The van der Waals surface area contributed by atoms with Gasteiger partial charge in [0.2, 0.25) is 0 Å². The number of hydrogen-bond acceptors (Lipinski definition) is 3. The Bertz CT molecular complexity index is 1000. The standard InChI is InChI=1S/C21H21N3O2/c1-14-10-19(12-21(16(14)3)24(25)26)22-13-18-11-15(2)23(17(18)4)20-8-6-5-7-9-20/h5-13H,1-4H3. The molecule has 1 heterocycles. The van der Waals surface area contributed by atoms with E-state index in [9.17, 15) is 10.1 Å². The van der Waals surface area contributed by atoms with Gasteiger partial charge in [-0.25, -0.2) is 0 Å². The molecule has 0 unspecified atom stereocenters. The van der Waals surface area contributed by atoms with Crippen molar-refractivity contribution in [3.63, 3.8) is 0 Å². The normalized spacial score (nSPS) is 11.2. The predicted octanol–water partition coefficient (Wildman–Crippen LogP) is 5.37. The average Bonchev–Trinajstić information content (AvgIpc) is 2.90. The number of nitro groups is 1. The maximum atomic E-state index is 11.2. The van der Waals surface area contributed by atoms with Crippen LogP contribution in [-0.4, -0.2) is 15.7 Å². The molecule has 1 aromatic heterocycles. The maximum absolute atomic E-state index is 11.2. The summed E-state index contributed by atoms with van der Waals surface area (Å²) in [4.78, 5) is 15.3. The first-order chi connectivity index (χ1) is 12.4. The van der Waals surface area contributed by atoms with E-state index in [-0.39, 0.29) is 10.6 Å². The van der Waals surface area contributed by atoms with Crippen LogP contribution in [0.4, 0.5) is 11.4 Å². The van der Waals surface area contributed by atoms with E-state index in [2.05, 4.69) is 34.7 Å². The first-order valence-electron chi connectivity index (χ1n) is 8.42. The Labute approximate surface area is 152 Å². The summed E-state index contributed by atoms with van der Waals surface area (Å²) >= 11 is 0. The number of aliphatic imine (C=N–C) groups is 1. The van der Waals surface area contributed by atoms with Gasteiger partial charge in [-0.15, -0.1) is 0 Å². The van der Waals surface area contributed by atoms with E-state index >= 15 is 0 Å². The molecule has 0 atom stereocenters. The zero-order chi connectivity index (χ0) is 18.8. The molecule has 0 aliphatic rings. The van der Waals surface area contributed by atoms with Gasteiger partial charge in [0.25, 0.3) is 5.69 Å². The zero-order valence-corrected chi connectivity index (χ0v) is 15.4. The zero-order valence-electron chi connectivity index (χ0n) is 15.4. The molecule has 2 aromatic carbocycles. The van der Waals surface area contributed by atoms with Gasteiger partial charge >= 0.3 is 0 Å². The van der Waals surface area contributed by atoms with E-state index in [1.165, 1.54) is 6.07 Å². The Morgan fingerprint density at radius 1 is 1.04 bits per heavy atom. The van der Waals surface area contributed by atoms with Crippen LogP contribution < -0.4 is 0 Å². The Kier molecular flexibility index (Phi) is 4.71. The summed E-state index contributed by atoms with van der Waals surface area (Å²) in [5.41, 5.74) is 6.52. The minimum Gasteiger partial charge on any atom is -0.318 e. The number of aryl methyl sites for hydroxylation is 2. The van der Waals surface area contributed by atoms with Gasteiger partial charge in [0.05, 0.1) is 10.6 Å². The number of nitro benzene ring substituents is 1. The van der Waals surface area contributed by atoms with Gasteiger partial charge < -0.3 is 4.57 Å². The molecule has 0 saturated carbocycles. The molecule has 0 amide bonds. The lowest BCUT2D eigenvalue weighted by Crippen LogP contribution is -1.99. The van der Waals surface area contributed by atoms with Crippen molar-refractivity contribution in [3.8, 4) is 5.69 Å². The molecular weight excluding hydrogens is 326 g/mol. The Hall–Kier alpha value is -3.21. The molecule has 3 aromatic rings. The molecule has 0 saturated heterocycles. The number of benzene rings is 2. The summed E-state index contributed by atoms with van der Waals surface area (Å²) in [6.07, 6.45) is 1.77. The average molecular weight is 347 g/mol. The minimum absolute atomic E-state index is 0.104. The Balaban J connectivity index is 1.99. The number of hydrogen-bond donors (Lipinski definition) is 0. The number of rotatable bonds is 4. The SMILES string of the molecule is Cc1cc(N=Cc2cc(C)n(-c3ccccc3)c2C)cc([N+](=O)[O-])c1C. The molecule has 0 fully saturated rings. The molecule has 3 rings (SSSR count). The fourth-order valence-corrected chi connectivity index (χ4v) is 3.12. The minimum atomic E-state index is -0.359. The fourth-order valence-electron chi connectivity index (χ4n) is 3.12. The van der Waals surface area contributed by atoms with Crippen LogP contribution in [-0.2, 0) is 0 Å². The number of para-hydroxylation sites is 1. The van der Waals surface area contributed by atoms with Crippen LogP contribution in [0, 0.1) is 37.8 Å². The third-order valence-electron chi connectivity index (χ3n) is 4.66. The first-order valence-corrected chi connectivity index (χ1v) is 8.42. The van der Waals surface area contributed by atoms with Gasteiger partial charge in [-0.05, 0) is 57.5 Å². The highest BCUT2D eigenvalue weighted by atomic mass is 16.6. The predicted molar refractivity (Wildman–Crippen MR) is 105 cm³/mol. The van der Waals surface area contributed by atoms with Crippen molar-refractivity contribution in [2.75, 3.05) is 0 Å². The smallest absolute Gasteiger partial charge is 0.274 e. The van der Waals surface area contributed by atoms with E-state index in [1.807, 2.05) is 38.1 Å². The topological polar surface area (TPSA) is 60.4 Å². The lowest BCUT2D eigenvalue weighted by Gasteiger charge is -2.09. The van der Waals surface area contributed by atoms with E-state index in [4.69, 9.17) is 0 Å². The third kappa shape index (κ3) is 3.28. The molecule has 0 spiro atoms. The van der Waals surface area contributed by atoms with Gasteiger partial charge in [0.1, 0.15) is 0 Å². The van der Waals surface area contributed by atoms with Gasteiger partial charge in [-0.1, -0.05) is 18.2 Å². The highest BCUT2D eigenvalue weighted by molar-refractivity contribution is 5.84. The van der Waals surface area contributed by atoms with Crippen LogP contribution in [0.2, 0.25) is 0 Å². The van der Waals surface area contributed by atoms with Crippen molar-refractivity contribution in [2.45, 2.75) is 27.7 Å². The third-order valence-corrected chi connectivity index (χ3v) is 4.66. The van der Waals surface area contributed by atoms with Gasteiger partial charge in [-0.2, -0.15) is 0 Å². The molecular formula is C21H21N3O2. The molecule has 0 bridgehead atoms. The van der Waals surface area contributed by atoms with E-state index in [0.717, 1.165) is 28.2 Å². The van der Waals surface area contributed by atoms with E-state index in [1.54, 1.807) is 13.1 Å². The van der Waals surface area contributed by atoms with Gasteiger partial charge in [0.15, 0.2) is 0 Å². The largest absolute Gasteiger partial charge is 0.318 e. The fraction of sp³-hybridized carbons (Fsp3) is 0.190. The van der Waals surface area contributed by atoms with Crippen molar-refractivity contribution < 1.29 is 4.92 Å². The Morgan fingerprint density at radius 2 is 1.73 bits per heavy atom. The van der Waals surface area contributed by atoms with Crippen molar-refractivity contribution in [3.05, 3.63) is 86.7 Å². The van der Waals surface area contributed by atoms with Crippen LogP contribution in [0.25, 0.3) is 5.69 Å². The summed E-state index contributed by atoms with van der Waals surface area (Å²) in [7, 11) is 0. The van der Waals surface area contributed by atoms with Crippen molar-refractivity contribution >= 4 is 17.6 Å². The van der Waals surface area contributed by atoms with E-state index < -0.39 is 0 Å². The second-order valence-corrected chi connectivity index (χ2v) is 6.42. The molecule has 132 valence electrons. The molecule has 0 aliphatic carbocycles. The molecule has 0 N–H and O–H groups in total. The molecule has 0 aliphatic heterocycles. The summed E-state index contributed by atoms with van der Waals surface area (Å²) < 4.78 is 2.17. The quantitative estimate of drug-likeness (QED) is 0.362. The van der Waals surface area contributed by atoms with Gasteiger partial charge in [0, 0.05) is 40.5 Å². The number of nitrogens with zero attached hydrogens (tertiary/aromatic N) is 3. The number of aromatic nitrogens is 1. The van der Waals surface area contributed by atoms with Crippen LogP contribution in [0.15, 0.2) is 53.5 Å². The second-order valence-electron chi connectivity index (χ2n) is 6.42. The highest BCUT2D eigenvalue weighted by Crippen LogP contribution is 2.28. The van der Waals surface area contributed by atoms with Crippen LogP contribution in [0.1, 0.15) is 28.1 Å². The first kappa shape index (κ1) is 17.6. The molecule has 5 nitrogen and oxygen atoms in total. The molecule has 0 radical (unpaired) electrons. The summed E-state index contributed by atoms with van der Waals surface area (Å²) in [6, 6.07) is 15.6. The molecule has 5 heteroatoms. The summed E-state index contributed by atoms with van der Waals surface area (Å²) in [6.45, 7) is 7.72. The van der Waals surface area contributed by atoms with E-state index in [0.29, 0.717) is 11.3 Å². The van der Waals surface area contributed by atoms with Crippen molar-refractivity contribution in [2.24, 2.45) is 4.99 Å². The van der Waals surface area contributed by atoms with Gasteiger partial charge in [-0.3, -0.25) is 15.1 Å². The van der Waals surface area contributed by atoms with Crippen LogP contribution in [0.5, 0.6) is 0 Å². The van der Waals surface area contributed by atoms with Crippen molar-refractivity contribution in [1.82, 2.24) is 4.57 Å². The summed E-state index contributed by atoms with van der Waals surface area (Å²) in [5.74, 6) is 0. The molecule has 26 heavy (non-hydrogen) atoms. The maximum Gasteiger partial charge on any atom is 0.274 e. The lowest BCUT2D eigenvalue weighted by atomic mass is 10.1. The Morgan fingerprint density at radius 3 is 2.38 bits per heavy atom. The van der Waals surface area contributed by atoms with Crippen molar-refractivity contribution in [1.29, 1.82) is 0 Å². The monoisotopic (exact) mass is 347 g/mol. The van der Waals surface area contributed by atoms with Crippen LogP contribution >= 0.6 is 0 Å². The second kappa shape index (κ2) is 6.96.